The molecule has 1 aromatic rings. The fraction of sp³-hybridized carbons (Fsp3) is 0.714. The number of aryl methyl sites for hydroxylation is 1. The van der Waals surface area contributed by atoms with Gasteiger partial charge in [-0.15, -0.1) is 11.3 Å². The number of nitrogens with two attached hydrogens (primary N) is 1. The minimum absolute atomic E-state index is 0.396. The largest absolute Gasteiger partial charge is 0.378 e. The number of piperidine rings is 1. The van der Waals surface area contributed by atoms with Gasteiger partial charge >= 0.3 is 0 Å². The van der Waals surface area contributed by atoms with Crippen molar-refractivity contribution in [3.05, 3.63) is 21.9 Å². The average Bonchev–Trinajstić information content (AvgIpc) is 2.79. The highest BCUT2D eigenvalue weighted by molar-refractivity contribution is 7.10. The molecule has 1 fully saturated rings. The van der Waals surface area contributed by atoms with Gasteiger partial charge in [-0.1, -0.05) is 0 Å². The summed E-state index contributed by atoms with van der Waals surface area (Å²) in [5.41, 5.74) is 7.37. The van der Waals surface area contributed by atoms with Gasteiger partial charge in [-0.2, -0.15) is 0 Å². The van der Waals surface area contributed by atoms with Crippen molar-refractivity contribution in [2.24, 2.45) is 5.73 Å². The molecule has 102 valence electrons. The zero-order valence-electron chi connectivity index (χ0n) is 11.4. The van der Waals surface area contributed by atoms with Crippen molar-refractivity contribution >= 4 is 11.3 Å². The first-order valence-electron chi connectivity index (χ1n) is 6.86. The second-order valence-corrected chi connectivity index (χ2v) is 5.86. The maximum atomic E-state index is 5.99. The maximum absolute atomic E-state index is 5.99. The van der Waals surface area contributed by atoms with Crippen LogP contribution in [-0.2, 0) is 4.74 Å². The second-order valence-electron chi connectivity index (χ2n) is 4.91. The van der Waals surface area contributed by atoms with E-state index in [4.69, 9.17) is 10.5 Å². The van der Waals surface area contributed by atoms with Crippen LogP contribution in [0.1, 0.15) is 36.2 Å². The minimum atomic E-state index is 0.396. The minimum Gasteiger partial charge on any atom is -0.378 e. The van der Waals surface area contributed by atoms with E-state index in [0.29, 0.717) is 18.7 Å². The molecule has 2 rings (SSSR count). The number of likely N-dealkylation sites (tertiary alicyclic amines) is 1. The third-order valence-corrected chi connectivity index (χ3v) is 4.87. The first-order chi connectivity index (χ1) is 8.76. The Hall–Kier alpha value is -0.420. The predicted octanol–water partition coefficient (Wildman–Crippen LogP) is 2.56. The van der Waals surface area contributed by atoms with Crippen LogP contribution < -0.4 is 5.73 Å². The lowest BCUT2D eigenvalue weighted by molar-refractivity contribution is 0.00483. The Labute approximate surface area is 114 Å². The van der Waals surface area contributed by atoms with Gasteiger partial charge in [-0.05, 0) is 43.7 Å². The molecule has 2 N–H and O–H groups in total. The lowest BCUT2D eigenvalue weighted by atomic mass is 10.0. The molecule has 1 aliphatic rings. The number of hydrogen-bond donors (Lipinski definition) is 1. The SMILES string of the molecule is CCOC1CCN(C(CN)c2sccc2C)CC1. The molecular formula is C14H24N2OS. The van der Waals surface area contributed by atoms with E-state index in [0.717, 1.165) is 32.5 Å². The highest BCUT2D eigenvalue weighted by Gasteiger charge is 2.26. The summed E-state index contributed by atoms with van der Waals surface area (Å²) >= 11 is 1.83. The van der Waals surface area contributed by atoms with E-state index < -0.39 is 0 Å². The molecule has 2 heterocycles. The van der Waals surface area contributed by atoms with Crippen LogP contribution in [0, 0.1) is 6.92 Å². The van der Waals surface area contributed by atoms with Crippen LogP contribution in [0.15, 0.2) is 11.4 Å². The van der Waals surface area contributed by atoms with Gasteiger partial charge in [0.25, 0.3) is 0 Å². The summed E-state index contributed by atoms with van der Waals surface area (Å²) in [6.07, 6.45) is 2.72. The number of thiophene rings is 1. The van der Waals surface area contributed by atoms with Crippen LogP contribution in [0.5, 0.6) is 0 Å². The van der Waals surface area contributed by atoms with E-state index in [2.05, 4.69) is 30.2 Å². The normalized spacial score (nSPS) is 20.2. The van der Waals surface area contributed by atoms with Crippen LogP contribution in [0.4, 0.5) is 0 Å². The van der Waals surface area contributed by atoms with Crippen molar-refractivity contribution < 1.29 is 4.74 Å². The fourth-order valence-corrected chi connectivity index (χ4v) is 3.81. The predicted molar refractivity (Wildman–Crippen MR) is 77.1 cm³/mol. The molecule has 0 radical (unpaired) electrons. The average molecular weight is 268 g/mol. The van der Waals surface area contributed by atoms with Gasteiger partial charge in [-0.3, -0.25) is 4.90 Å². The third kappa shape index (κ3) is 3.12. The first-order valence-corrected chi connectivity index (χ1v) is 7.74. The molecule has 0 saturated carbocycles. The van der Waals surface area contributed by atoms with Crippen molar-refractivity contribution in [1.82, 2.24) is 4.90 Å². The summed E-state index contributed by atoms with van der Waals surface area (Å²) in [7, 11) is 0. The van der Waals surface area contributed by atoms with Gasteiger partial charge in [-0.25, -0.2) is 0 Å². The van der Waals surface area contributed by atoms with Gasteiger partial charge in [0, 0.05) is 31.1 Å². The molecule has 1 saturated heterocycles. The Kier molecular flexibility index (Phi) is 5.18. The van der Waals surface area contributed by atoms with Crippen LogP contribution in [0.2, 0.25) is 0 Å². The van der Waals surface area contributed by atoms with Gasteiger partial charge in [0.05, 0.1) is 12.1 Å². The third-order valence-electron chi connectivity index (χ3n) is 3.75. The molecule has 1 aromatic heterocycles. The molecule has 3 nitrogen and oxygen atoms in total. The summed E-state index contributed by atoms with van der Waals surface area (Å²) < 4.78 is 5.70. The van der Waals surface area contributed by atoms with Crippen molar-refractivity contribution in [3.8, 4) is 0 Å². The van der Waals surface area contributed by atoms with Crippen molar-refractivity contribution in [3.63, 3.8) is 0 Å². The Bertz CT molecular complexity index is 358. The van der Waals surface area contributed by atoms with Crippen molar-refractivity contribution in [2.75, 3.05) is 26.2 Å². The van der Waals surface area contributed by atoms with Gasteiger partial charge < -0.3 is 10.5 Å². The van der Waals surface area contributed by atoms with E-state index in [-0.39, 0.29) is 0 Å². The molecule has 1 atom stereocenters. The molecule has 0 bridgehead atoms. The Morgan fingerprint density at radius 3 is 2.72 bits per heavy atom. The first kappa shape index (κ1) is 14.0. The molecule has 1 aliphatic heterocycles. The van der Waals surface area contributed by atoms with Crippen molar-refractivity contribution in [2.45, 2.75) is 38.8 Å². The van der Waals surface area contributed by atoms with Crippen LogP contribution in [-0.4, -0.2) is 37.2 Å². The van der Waals surface area contributed by atoms with E-state index >= 15 is 0 Å². The highest BCUT2D eigenvalue weighted by Crippen LogP contribution is 2.30. The zero-order chi connectivity index (χ0) is 13.0. The summed E-state index contributed by atoms with van der Waals surface area (Å²) in [6, 6.07) is 2.59. The van der Waals surface area contributed by atoms with Crippen LogP contribution in [0.25, 0.3) is 0 Å². The lowest BCUT2D eigenvalue weighted by Crippen LogP contribution is -2.41. The topological polar surface area (TPSA) is 38.5 Å². The molecular weight excluding hydrogens is 244 g/mol. The van der Waals surface area contributed by atoms with E-state index in [1.165, 1.54) is 10.4 Å². The fourth-order valence-electron chi connectivity index (χ4n) is 2.74. The van der Waals surface area contributed by atoms with Crippen molar-refractivity contribution in [1.29, 1.82) is 0 Å². The molecule has 0 aromatic carbocycles. The van der Waals surface area contributed by atoms with E-state index in [1.54, 1.807) is 0 Å². The van der Waals surface area contributed by atoms with Gasteiger partial charge in [0.15, 0.2) is 0 Å². The lowest BCUT2D eigenvalue weighted by Gasteiger charge is -2.36. The molecule has 4 heteroatoms. The standard InChI is InChI=1S/C14H24N2OS/c1-3-17-12-4-7-16(8-5-12)13(10-15)14-11(2)6-9-18-14/h6,9,12-13H,3-5,7-8,10,15H2,1-2H3. The number of ether oxygens (including phenoxy) is 1. The van der Waals surface area contributed by atoms with E-state index in [9.17, 15) is 0 Å². The smallest absolute Gasteiger partial charge is 0.0599 e. The summed E-state index contributed by atoms with van der Waals surface area (Å²) in [4.78, 5) is 3.96. The summed E-state index contributed by atoms with van der Waals surface area (Å²) in [5, 5.41) is 2.17. The Morgan fingerprint density at radius 1 is 1.50 bits per heavy atom. The Balaban J connectivity index is 1.97. The summed E-state index contributed by atoms with van der Waals surface area (Å²) in [6.45, 7) is 7.99. The molecule has 18 heavy (non-hydrogen) atoms. The zero-order valence-corrected chi connectivity index (χ0v) is 12.2. The molecule has 0 amide bonds. The van der Waals surface area contributed by atoms with Crippen LogP contribution in [0.3, 0.4) is 0 Å². The quantitative estimate of drug-likeness (QED) is 0.892. The molecule has 0 spiro atoms. The second kappa shape index (κ2) is 6.66. The van der Waals surface area contributed by atoms with Gasteiger partial charge in [0.1, 0.15) is 0 Å². The highest BCUT2D eigenvalue weighted by atomic mass is 32.1. The number of hydrogen-bond acceptors (Lipinski definition) is 4. The summed E-state index contributed by atoms with van der Waals surface area (Å²) in [5.74, 6) is 0. The Morgan fingerprint density at radius 2 is 2.22 bits per heavy atom. The molecule has 1 unspecified atom stereocenters. The number of rotatable bonds is 5. The monoisotopic (exact) mass is 268 g/mol. The number of nitrogens with zero attached hydrogens (tertiary/aromatic N) is 1. The maximum Gasteiger partial charge on any atom is 0.0599 e. The van der Waals surface area contributed by atoms with Crippen LogP contribution >= 0.6 is 11.3 Å². The van der Waals surface area contributed by atoms with Gasteiger partial charge in [0.2, 0.25) is 0 Å². The molecule has 0 aliphatic carbocycles. The van der Waals surface area contributed by atoms with E-state index in [1.807, 2.05) is 11.3 Å².